The van der Waals surface area contributed by atoms with Gasteiger partial charge in [0.05, 0.1) is 12.7 Å². The Bertz CT molecular complexity index is 210. The normalized spacial score (nSPS) is 11.9. The highest BCUT2D eigenvalue weighted by Gasteiger charge is 2.08. The zero-order valence-corrected chi connectivity index (χ0v) is 8.62. The number of carbonyl (C=O) groups excluding carboxylic acids is 2. The van der Waals surface area contributed by atoms with E-state index in [1.54, 1.807) is 13.0 Å². The maximum absolute atomic E-state index is 10.9. The maximum atomic E-state index is 10.9. The first-order valence-corrected chi connectivity index (χ1v) is 4.43. The molecule has 0 aromatic rings. The first-order chi connectivity index (χ1) is 6.56. The van der Waals surface area contributed by atoms with Crippen molar-refractivity contribution in [1.82, 2.24) is 0 Å². The molecule has 1 unspecified atom stereocenters. The molecule has 0 spiro atoms. The number of hydrogen-bond acceptors (Lipinski definition) is 4. The van der Waals surface area contributed by atoms with E-state index in [2.05, 4.69) is 6.58 Å². The molecule has 14 heavy (non-hydrogen) atoms. The van der Waals surface area contributed by atoms with Gasteiger partial charge in [-0.1, -0.05) is 6.08 Å². The van der Waals surface area contributed by atoms with Gasteiger partial charge in [0.25, 0.3) is 0 Å². The molecule has 0 N–H and O–H groups in total. The fourth-order valence-corrected chi connectivity index (χ4v) is 0.745. The van der Waals surface area contributed by atoms with Gasteiger partial charge in [0.15, 0.2) is 0 Å². The van der Waals surface area contributed by atoms with Crippen molar-refractivity contribution in [2.45, 2.75) is 26.4 Å². The summed E-state index contributed by atoms with van der Waals surface area (Å²) in [6.07, 6.45) is 1.27. The molecule has 0 aliphatic heterocycles. The molecular weight excluding hydrogens is 184 g/mol. The average Bonchev–Trinajstić information content (AvgIpc) is 2.10. The van der Waals surface area contributed by atoms with Crippen LogP contribution in [0.15, 0.2) is 12.7 Å². The van der Waals surface area contributed by atoms with Crippen LogP contribution < -0.4 is 0 Å². The van der Waals surface area contributed by atoms with E-state index in [0.29, 0.717) is 6.61 Å². The van der Waals surface area contributed by atoms with Crippen LogP contribution in [-0.2, 0) is 19.1 Å². The molecule has 0 rings (SSSR count). The van der Waals surface area contributed by atoms with E-state index < -0.39 is 5.97 Å². The second-order valence-corrected chi connectivity index (χ2v) is 2.99. The Kier molecular flexibility index (Phi) is 6.66. The molecule has 0 saturated carbocycles. The molecule has 1 atom stereocenters. The van der Waals surface area contributed by atoms with Crippen LogP contribution in [0.2, 0.25) is 0 Å². The smallest absolute Gasteiger partial charge is 0.313 e. The molecule has 0 aromatic carbocycles. The molecule has 0 aliphatic carbocycles. The quantitative estimate of drug-likeness (QED) is 0.351. The molecule has 4 nitrogen and oxygen atoms in total. The molecular formula is C10H16O4. The predicted octanol–water partition coefficient (Wildman–Crippen LogP) is 1.10. The average molecular weight is 200 g/mol. The zero-order chi connectivity index (χ0) is 11.0. The van der Waals surface area contributed by atoms with Gasteiger partial charge < -0.3 is 9.47 Å². The van der Waals surface area contributed by atoms with Crippen LogP contribution in [0.4, 0.5) is 0 Å². The van der Waals surface area contributed by atoms with Crippen molar-refractivity contribution in [2.75, 3.05) is 13.2 Å². The van der Waals surface area contributed by atoms with Crippen LogP contribution >= 0.6 is 0 Å². The number of carbonyl (C=O) groups is 2. The molecule has 0 radical (unpaired) electrons. The summed E-state index contributed by atoms with van der Waals surface area (Å²) in [4.78, 5) is 21.4. The molecule has 0 aromatic heterocycles. The van der Waals surface area contributed by atoms with Gasteiger partial charge in [0, 0.05) is 0 Å². The lowest BCUT2D eigenvalue weighted by molar-refractivity contribution is -0.149. The highest BCUT2D eigenvalue weighted by molar-refractivity contribution is 5.94. The fraction of sp³-hybridized carbons (Fsp3) is 0.600. The van der Waals surface area contributed by atoms with E-state index >= 15 is 0 Å². The minimum absolute atomic E-state index is 0.167. The van der Waals surface area contributed by atoms with Crippen LogP contribution in [0.3, 0.4) is 0 Å². The van der Waals surface area contributed by atoms with Crippen molar-refractivity contribution in [3.63, 3.8) is 0 Å². The van der Waals surface area contributed by atoms with E-state index in [-0.39, 0.29) is 24.9 Å². The Morgan fingerprint density at radius 2 is 2.14 bits per heavy atom. The molecule has 4 heteroatoms. The lowest BCUT2D eigenvalue weighted by Crippen LogP contribution is -2.20. The van der Waals surface area contributed by atoms with Gasteiger partial charge in [0.2, 0.25) is 0 Å². The lowest BCUT2D eigenvalue weighted by atomic mass is 10.3. The Morgan fingerprint density at radius 3 is 2.64 bits per heavy atom. The van der Waals surface area contributed by atoms with Gasteiger partial charge in [-0.15, -0.1) is 6.58 Å². The van der Waals surface area contributed by atoms with Crippen LogP contribution in [0, 0.1) is 0 Å². The Hall–Kier alpha value is -1.16. The van der Waals surface area contributed by atoms with Crippen molar-refractivity contribution >= 4 is 11.8 Å². The molecule has 0 aliphatic rings. The van der Waals surface area contributed by atoms with Crippen LogP contribution in [0.25, 0.3) is 0 Å². The van der Waals surface area contributed by atoms with Crippen LogP contribution in [0.5, 0.6) is 0 Å². The Balaban J connectivity index is 3.55. The topological polar surface area (TPSA) is 52.6 Å². The summed E-state index contributed by atoms with van der Waals surface area (Å²) in [6.45, 7) is 7.21. The predicted molar refractivity (Wildman–Crippen MR) is 51.9 cm³/mol. The summed E-state index contributed by atoms with van der Waals surface area (Å²) in [7, 11) is 0. The van der Waals surface area contributed by atoms with Crippen molar-refractivity contribution in [3.8, 4) is 0 Å². The third kappa shape index (κ3) is 7.49. The van der Waals surface area contributed by atoms with Gasteiger partial charge in [-0.25, -0.2) is 0 Å². The molecule has 0 amide bonds. The monoisotopic (exact) mass is 200 g/mol. The van der Waals surface area contributed by atoms with E-state index in [1.165, 1.54) is 6.92 Å². The lowest BCUT2D eigenvalue weighted by Gasteiger charge is -2.11. The zero-order valence-electron chi connectivity index (χ0n) is 8.62. The van der Waals surface area contributed by atoms with Gasteiger partial charge in [0.1, 0.15) is 18.8 Å². The van der Waals surface area contributed by atoms with Crippen LogP contribution in [-0.4, -0.2) is 31.1 Å². The highest BCUT2D eigenvalue weighted by atomic mass is 16.6. The third-order valence-corrected chi connectivity index (χ3v) is 1.37. The number of ketones is 1. The number of esters is 1. The summed E-state index contributed by atoms with van der Waals surface area (Å²) in [5.41, 5.74) is 0. The minimum Gasteiger partial charge on any atom is -0.463 e. The van der Waals surface area contributed by atoms with Gasteiger partial charge in [-0.3, -0.25) is 9.59 Å². The SMILES string of the molecule is C=CCOC(C)COC(=O)CC(C)=O. The summed E-state index contributed by atoms with van der Waals surface area (Å²) in [5, 5.41) is 0. The number of hydrogen-bond donors (Lipinski definition) is 0. The number of Topliss-reactive ketones (excluding diaryl/α,β-unsaturated/α-hetero) is 1. The van der Waals surface area contributed by atoms with Gasteiger partial charge in [-0.2, -0.15) is 0 Å². The molecule has 0 heterocycles. The first kappa shape index (κ1) is 12.8. The van der Waals surface area contributed by atoms with E-state index in [9.17, 15) is 9.59 Å². The van der Waals surface area contributed by atoms with Crippen molar-refractivity contribution in [3.05, 3.63) is 12.7 Å². The van der Waals surface area contributed by atoms with E-state index in [4.69, 9.17) is 9.47 Å². The Morgan fingerprint density at radius 1 is 1.50 bits per heavy atom. The second kappa shape index (κ2) is 7.26. The first-order valence-electron chi connectivity index (χ1n) is 4.43. The fourth-order valence-electron chi connectivity index (χ4n) is 0.745. The number of rotatable bonds is 7. The third-order valence-electron chi connectivity index (χ3n) is 1.37. The summed E-state index contributed by atoms with van der Waals surface area (Å²) < 4.78 is 9.96. The molecule has 0 fully saturated rings. The van der Waals surface area contributed by atoms with E-state index in [0.717, 1.165) is 0 Å². The molecule has 0 bridgehead atoms. The molecule has 0 saturated heterocycles. The van der Waals surface area contributed by atoms with E-state index in [1.807, 2.05) is 0 Å². The molecule has 80 valence electrons. The van der Waals surface area contributed by atoms with Crippen molar-refractivity contribution in [2.24, 2.45) is 0 Å². The summed E-state index contributed by atoms with van der Waals surface area (Å²) in [6, 6.07) is 0. The highest BCUT2D eigenvalue weighted by Crippen LogP contribution is 1.95. The standard InChI is InChI=1S/C10H16O4/c1-4-5-13-9(3)7-14-10(12)6-8(2)11/h4,9H,1,5-7H2,2-3H3. The van der Waals surface area contributed by atoms with Gasteiger partial charge in [-0.05, 0) is 13.8 Å². The largest absolute Gasteiger partial charge is 0.463 e. The van der Waals surface area contributed by atoms with Crippen molar-refractivity contribution in [1.29, 1.82) is 0 Å². The van der Waals surface area contributed by atoms with Gasteiger partial charge >= 0.3 is 5.97 Å². The minimum atomic E-state index is -0.508. The second-order valence-electron chi connectivity index (χ2n) is 2.99. The maximum Gasteiger partial charge on any atom is 0.313 e. The summed E-state index contributed by atoms with van der Waals surface area (Å²) >= 11 is 0. The van der Waals surface area contributed by atoms with Crippen molar-refractivity contribution < 1.29 is 19.1 Å². The Labute approximate surface area is 83.9 Å². The number of ether oxygens (including phenoxy) is 2. The van der Waals surface area contributed by atoms with Crippen LogP contribution in [0.1, 0.15) is 20.3 Å². The summed E-state index contributed by atoms with van der Waals surface area (Å²) in [5.74, 6) is -0.707.